The number of nitrogens with zero attached hydrogens (tertiary/aromatic N) is 1. The van der Waals surface area contributed by atoms with Crippen LogP contribution in [0.1, 0.15) is 32.3 Å². The summed E-state index contributed by atoms with van der Waals surface area (Å²) in [4.78, 5) is 16.5. The maximum atomic E-state index is 12.1. The third-order valence-corrected chi connectivity index (χ3v) is 3.99. The molecule has 0 bridgehead atoms. The molecule has 2 rings (SSSR count). The molecule has 1 aromatic heterocycles. The highest BCUT2D eigenvalue weighted by Crippen LogP contribution is 2.27. The Labute approximate surface area is 129 Å². The summed E-state index contributed by atoms with van der Waals surface area (Å²) >= 11 is 1.48. The lowest BCUT2D eigenvalue weighted by Gasteiger charge is -2.21. The predicted molar refractivity (Wildman–Crippen MR) is 87.7 cm³/mol. The molecule has 2 aromatic rings. The topological polar surface area (TPSA) is 68.0 Å². The van der Waals surface area contributed by atoms with E-state index in [1.807, 2.05) is 26.0 Å². The highest BCUT2D eigenvalue weighted by molar-refractivity contribution is 7.22. The number of rotatable bonds is 4. The van der Waals surface area contributed by atoms with Gasteiger partial charge in [0, 0.05) is 0 Å². The number of nitrogens with two attached hydrogens (primary N) is 1. The molecule has 0 radical (unpaired) electrons. The van der Waals surface area contributed by atoms with E-state index in [0.29, 0.717) is 11.6 Å². The molecule has 0 aliphatic heterocycles. The molecule has 0 aliphatic rings. The second kappa shape index (κ2) is 6.52. The number of carbonyl (C=O) groups is 1. The first-order chi connectivity index (χ1) is 8.92. The van der Waals surface area contributed by atoms with Crippen molar-refractivity contribution in [3.63, 3.8) is 0 Å². The van der Waals surface area contributed by atoms with Crippen LogP contribution in [0, 0.1) is 6.92 Å². The van der Waals surface area contributed by atoms with Gasteiger partial charge in [-0.2, -0.15) is 0 Å². The van der Waals surface area contributed by atoms with Gasteiger partial charge in [0.15, 0.2) is 5.13 Å². The standard InChI is InChI=1S/C14H19N3OS.ClH/c1-4-7-14(3,15)12(18)17-13-16-10-6-5-9(2)8-11(10)19-13;/h5-6,8H,4,7,15H2,1-3H3,(H,16,17,18);1H. The smallest absolute Gasteiger partial charge is 0.245 e. The van der Waals surface area contributed by atoms with E-state index in [1.165, 1.54) is 16.9 Å². The molecule has 1 heterocycles. The second-order valence-corrected chi connectivity index (χ2v) is 6.14. The highest BCUT2D eigenvalue weighted by Gasteiger charge is 2.27. The molecule has 20 heavy (non-hydrogen) atoms. The van der Waals surface area contributed by atoms with Crippen LogP contribution in [-0.2, 0) is 4.79 Å². The molecule has 3 N–H and O–H groups in total. The van der Waals surface area contributed by atoms with Gasteiger partial charge in [0.2, 0.25) is 5.91 Å². The molecule has 1 atom stereocenters. The van der Waals surface area contributed by atoms with Gasteiger partial charge in [-0.1, -0.05) is 30.7 Å². The summed E-state index contributed by atoms with van der Waals surface area (Å²) < 4.78 is 1.07. The van der Waals surface area contributed by atoms with Gasteiger partial charge in [-0.25, -0.2) is 4.98 Å². The first-order valence-electron chi connectivity index (χ1n) is 6.40. The Morgan fingerprint density at radius 3 is 2.85 bits per heavy atom. The molecular weight excluding hydrogens is 294 g/mol. The van der Waals surface area contributed by atoms with E-state index in [9.17, 15) is 4.79 Å². The molecule has 1 amide bonds. The fourth-order valence-corrected chi connectivity index (χ4v) is 2.92. The van der Waals surface area contributed by atoms with E-state index < -0.39 is 5.54 Å². The van der Waals surface area contributed by atoms with Crippen molar-refractivity contribution in [1.29, 1.82) is 0 Å². The van der Waals surface area contributed by atoms with E-state index in [-0.39, 0.29) is 18.3 Å². The van der Waals surface area contributed by atoms with Crippen LogP contribution in [0.3, 0.4) is 0 Å². The number of carbonyl (C=O) groups excluding carboxylic acids is 1. The average molecular weight is 314 g/mol. The Balaban J connectivity index is 0.00000200. The van der Waals surface area contributed by atoms with Gasteiger partial charge in [-0.15, -0.1) is 12.4 Å². The number of aromatic nitrogens is 1. The zero-order valence-electron chi connectivity index (χ0n) is 11.9. The monoisotopic (exact) mass is 313 g/mol. The maximum Gasteiger partial charge on any atom is 0.245 e. The van der Waals surface area contributed by atoms with Gasteiger partial charge in [0.25, 0.3) is 0 Å². The van der Waals surface area contributed by atoms with Crippen LogP contribution in [0.5, 0.6) is 0 Å². The van der Waals surface area contributed by atoms with Gasteiger partial charge in [-0.3, -0.25) is 4.79 Å². The minimum absolute atomic E-state index is 0. The molecule has 1 aromatic carbocycles. The molecule has 0 saturated heterocycles. The summed E-state index contributed by atoms with van der Waals surface area (Å²) in [7, 11) is 0. The number of nitrogens with one attached hydrogen (secondary N) is 1. The number of thiazole rings is 1. The summed E-state index contributed by atoms with van der Waals surface area (Å²) in [5, 5.41) is 3.43. The molecule has 0 spiro atoms. The summed E-state index contributed by atoms with van der Waals surface area (Å²) in [6.07, 6.45) is 1.53. The highest BCUT2D eigenvalue weighted by atomic mass is 35.5. The number of aryl methyl sites for hydroxylation is 1. The first kappa shape index (κ1) is 16.9. The Bertz CT molecular complexity index is 609. The Morgan fingerprint density at radius 1 is 1.50 bits per heavy atom. The van der Waals surface area contributed by atoms with Crippen LogP contribution in [0.2, 0.25) is 0 Å². The SMILES string of the molecule is CCCC(C)(N)C(=O)Nc1nc2ccc(C)cc2s1.Cl. The van der Waals surface area contributed by atoms with E-state index in [0.717, 1.165) is 16.6 Å². The molecule has 0 saturated carbocycles. The molecular formula is C14H20ClN3OS. The van der Waals surface area contributed by atoms with Crippen LogP contribution in [0.4, 0.5) is 5.13 Å². The van der Waals surface area contributed by atoms with Crippen LogP contribution < -0.4 is 11.1 Å². The molecule has 0 fully saturated rings. The number of amides is 1. The summed E-state index contributed by atoms with van der Waals surface area (Å²) in [5.41, 5.74) is 7.24. The van der Waals surface area contributed by atoms with E-state index in [4.69, 9.17) is 5.73 Å². The molecule has 110 valence electrons. The van der Waals surface area contributed by atoms with E-state index in [2.05, 4.69) is 16.4 Å². The summed E-state index contributed by atoms with van der Waals surface area (Å²) in [6, 6.07) is 6.04. The zero-order chi connectivity index (χ0) is 14.0. The normalized spacial score (nSPS) is 13.6. The van der Waals surface area contributed by atoms with Crippen LogP contribution in [0.15, 0.2) is 18.2 Å². The predicted octanol–water partition coefficient (Wildman–Crippen LogP) is 3.48. The number of hydrogen-bond acceptors (Lipinski definition) is 4. The lowest BCUT2D eigenvalue weighted by atomic mass is 9.97. The van der Waals surface area contributed by atoms with Gasteiger partial charge < -0.3 is 11.1 Å². The molecule has 1 unspecified atom stereocenters. The second-order valence-electron chi connectivity index (χ2n) is 5.11. The third kappa shape index (κ3) is 3.69. The van der Waals surface area contributed by atoms with E-state index in [1.54, 1.807) is 6.92 Å². The number of hydrogen-bond donors (Lipinski definition) is 2. The molecule has 0 aliphatic carbocycles. The van der Waals surface area contributed by atoms with Gasteiger partial charge in [0.05, 0.1) is 15.8 Å². The number of anilines is 1. The quantitative estimate of drug-likeness (QED) is 0.908. The minimum Gasteiger partial charge on any atom is -0.318 e. The van der Waals surface area contributed by atoms with Crippen molar-refractivity contribution in [3.05, 3.63) is 23.8 Å². The van der Waals surface area contributed by atoms with Crippen LogP contribution >= 0.6 is 23.7 Å². The summed E-state index contributed by atoms with van der Waals surface area (Å²) in [5.74, 6) is -0.176. The largest absolute Gasteiger partial charge is 0.318 e. The number of halogens is 1. The maximum absolute atomic E-state index is 12.1. The van der Waals surface area contributed by atoms with Crippen molar-refractivity contribution >= 4 is 45.0 Å². The lowest BCUT2D eigenvalue weighted by molar-refractivity contribution is -0.120. The average Bonchev–Trinajstić information content (AvgIpc) is 2.70. The Morgan fingerprint density at radius 2 is 2.20 bits per heavy atom. The number of benzene rings is 1. The van der Waals surface area contributed by atoms with Crippen molar-refractivity contribution < 1.29 is 4.79 Å². The van der Waals surface area contributed by atoms with Crippen LogP contribution in [-0.4, -0.2) is 16.4 Å². The Hall–Kier alpha value is -1.17. The third-order valence-electron chi connectivity index (χ3n) is 3.05. The fourth-order valence-electron chi connectivity index (χ4n) is 1.96. The van der Waals surface area contributed by atoms with Crippen molar-refractivity contribution in [3.8, 4) is 0 Å². The summed E-state index contributed by atoms with van der Waals surface area (Å²) in [6.45, 7) is 5.80. The van der Waals surface area contributed by atoms with Crippen molar-refractivity contribution in [2.24, 2.45) is 5.73 Å². The lowest BCUT2D eigenvalue weighted by Crippen LogP contribution is -2.48. The van der Waals surface area contributed by atoms with Gasteiger partial charge in [-0.05, 0) is 38.0 Å². The number of fused-ring (bicyclic) bond motifs is 1. The zero-order valence-corrected chi connectivity index (χ0v) is 13.5. The van der Waals surface area contributed by atoms with Gasteiger partial charge in [0.1, 0.15) is 0 Å². The first-order valence-corrected chi connectivity index (χ1v) is 7.21. The minimum atomic E-state index is -0.845. The van der Waals surface area contributed by atoms with Crippen molar-refractivity contribution in [2.45, 2.75) is 39.2 Å². The van der Waals surface area contributed by atoms with Crippen LogP contribution in [0.25, 0.3) is 10.2 Å². The van der Waals surface area contributed by atoms with E-state index >= 15 is 0 Å². The van der Waals surface area contributed by atoms with Crippen molar-refractivity contribution in [2.75, 3.05) is 5.32 Å². The molecule has 6 heteroatoms. The van der Waals surface area contributed by atoms with Gasteiger partial charge >= 0.3 is 0 Å². The molecule has 4 nitrogen and oxygen atoms in total. The fraction of sp³-hybridized carbons (Fsp3) is 0.429. The van der Waals surface area contributed by atoms with Crippen molar-refractivity contribution in [1.82, 2.24) is 4.98 Å². The Kier molecular flexibility index (Phi) is 5.50.